The number of aromatic nitrogens is 2. The predicted octanol–water partition coefficient (Wildman–Crippen LogP) is 1.98. The van der Waals surface area contributed by atoms with Crippen molar-refractivity contribution in [1.29, 1.82) is 0 Å². The minimum absolute atomic E-state index is 0.00931. The summed E-state index contributed by atoms with van der Waals surface area (Å²) in [4.78, 5) is 18.3. The topological polar surface area (TPSA) is 34.4 Å². The van der Waals surface area contributed by atoms with Gasteiger partial charge in [-0.2, -0.15) is 0 Å². The van der Waals surface area contributed by atoms with Gasteiger partial charge in [0, 0.05) is 16.6 Å². The van der Waals surface area contributed by atoms with E-state index >= 15 is 0 Å². The van der Waals surface area contributed by atoms with E-state index in [1.165, 1.54) is 10.9 Å². The van der Waals surface area contributed by atoms with Crippen LogP contribution in [0.4, 0.5) is 0 Å². The summed E-state index contributed by atoms with van der Waals surface area (Å²) >= 11 is 7.31. The Hall–Kier alpha value is -0.870. The summed E-state index contributed by atoms with van der Waals surface area (Å²) < 4.78 is 1.74. The highest BCUT2D eigenvalue weighted by Crippen LogP contribution is 2.29. The number of aryl methyl sites for hydroxylation is 2. The van der Waals surface area contributed by atoms with Gasteiger partial charge in [0.1, 0.15) is 0 Å². The SMILES string of the molecule is O=c1cc(CCl)nc2sc3c(n12)CCC3. The van der Waals surface area contributed by atoms with Crippen LogP contribution < -0.4 is 5.56 Å². The Morgan fingerprint density at radius 3 is 3.20 bits per heavy atom. The van der Waals surface area contributed by atoms with Crippen LogP contribution in [0.2, 0.25) is 0 Å². The maximum absolute atomic E-state index is 11.9. The lowest BCUT2D eigenvalue weighted by atomic mass is 10.3. The van der Waals surface area contributed by atoms with Gasteiger partial charge in [0.2, 0.25) is 0 Å². The van der Waals surface area contributed by atoms with E-state index in [1.54, 1.807) is 15.7 Å². The minimum atomic E-state index is 0.00931. The fourth-order valence-corrected chi connectivity index (χ4v) is 3.42. The predicted molar refractivity (Wildman–Crippen MR) is 60.9 cm³/mol. The zero-order valence-electron chi connectivity index (χ0n) is 7.99. The molecule has 3 rings (SSSR count). The van der Waals surface area contributed by atoms with Crippen LogP contribution in [0.5, 0.6) is 0 Å². The monoisotopic (exact) mass is 240 g/mol. The molecule has 0 saturated heterocycles. The Labute approximate surface area is 95.3 Å². The van der Waals surface area contributed by atoms with E-state index in [4.69, 9.17) is 11.6 Å². The van der Waals surface area contributed by atoms with Crippen molar-refractivity contribution in [3.63, 3.8) is 0 Å². The fourth-order valence-electron chi connectivity index (χ4n) is 2.05. The third-order valence-electron chi connectivity index (χ3n) is 2.70. The molecule has 2 heterocycles. The third-order valence-corrected chi connectivity index (χ3v) is 4.12. The van der Waals surface area contributed by atoms with Crippen molar-refractivity contribution in [3.05, 3.63) is 32.7 Å². The number of thiazole rings is 1. The molecule has 0 amide bonds. The first-order valence-electron chi connectivity index (χ1n) is 4.89. The highest BCUT2D eigenvalue weighted by molar-refractivity contribution is 7.17. The zero-order valence-corrected chi connectivity index (χ0v) is 9.57. The molecule has 0 saturated carbocycles. The first-order valence-corrected chi connectivity index (χ1v) is 6.24. The second-order valence-electron chi connectivity index (χ2n) is 3.66. The number of nitrogens with zero attached hydrogens (tertiary/aromatic N) is 2. The first kappa shape index (κ1) is 9.36. The molecule has 1 aliphatic rings. The van der Waals surface area contributed by atoms with Crippen LogP contribution in [0.3, 0.4) is 0 Å². The number of rotatable bonds is 1. The Morgan fingerprint density at radius 1 is 1.53 bits per heavy atom. The van der Waals surface area contributed by atoms with E-state index in [-0.39, 0.29) is 5.56 Å². The number of hydrogen-bond donors (Lipinski definition) is 0. The molecule has 78 valence electrons. The molecule has 2 aromatic heterocycles. The average Bonchev–Trinajstić information content (AvgIpc) is 2.75. The van der Waals surface area contributed by atoms with Gasteiger partial charge in [0.25, 0.3) is 5.56 Å². The maximum atomic E-state index is 11.9. The van der Waals surface area contributed by atoms with Crippen LogP contribution in [-0.4, -0.2) is 9.38 Å². The van der Waals surface area contributed by atoms with Crippen molar-refractivity contribution in [2.24, 2.45) is 0 Å². The van der Waals surface area contributed by atoms with Crippen LogP contribution in [0.15, 0.2) is 10.9 Å². The molecular weight excluding hydrogens is 232 g/mol. The summed E-state index contributed by atoms with van der Waals surface area (Å²) in [6.07, 6.45) is 3.23. The second-order valence-corrected chi connectivity index (χ2v) is 4.99. The standard InChI is InChI=1S/C10H9ClN2OS/c11-5-6-4-9(14)13-7-2-1-3-8(7)15-10(13)12-6/h4H,1-3,5H2. The minimum Gasteiger partial charge on any atom is -0.269 e. The van der Waals surface area contributed by atoms with Crippen molar-refractivity contribution in [2.75, 3.05) is 0 Å². The number of halogens is 1. The molecule has 0 N–H and O–H groups in total. The lowest BCUT2D eigenvalue weighted by Gasteiger charge is -1.98. The van der Waals surface area contributed by atoms with Gasteiger partial charge in [-0.1, -0.05) is 0 Å². The van der Waals surface area contributed by atoms with E-state index in [2.05, 4.69) is 4.98 Å². The Balaban J connectivity index is 2.39. The van der Waals surface area contributed by atoms with Crippen LogP contribution >= 0.6 is 22.9 Å². The Kier molecular flexibility index (Phi) is 2.07. The quantitative estimate of drug-likeness (QED) is 0.715. The Bertz CT molecular complexity index is 587. The van der Waals surface area contributed by atoms with Gasteiger partial charge in [0.05, 0.1) is 11.6 Å². The smallest absolute Gasteiger partial charge is 0.259 e. The largest absolute Gasteiger partial charge is 0.269 e. The van der Waals surface area contributed by atoms with Crippen LogP contribution in [0.25, 0.3) is 4.96 Å². The lowest BCUT2D eigenvalue weighted by molar-refractivity contribution is 0.871. The molecule has 0 spiro atoms. The van der Waals surface area contributed by atoms with Crippen molar-refractivity contribution in [1.82, 2.24) is 9.38 Å². The molecule has 0 unspecified atom stereocenters. The van der Waals surface area contributed by atoms with Crippen molar-refractivity contribution in [2.45, 2.75) is 25.1 Å². The number of fused-ring (bicyclic) bond motifs is 3. The molecule has 0 radical (unpaired) electrons. The van der Waals surface area contributed by atoms with E-state index in [0.717, 1.165) is 29.9 Å². The summed E-state index contributed by atoms with van der Waals surface area (Å²) in [5.74, 6) is 0.300. The van der Waals surface area contributed by atoms with Crippen LogP contribution in [-0.2, 0) is 18.7 Å². The third kappa shape index (κ3) is 1.32. The molecule has 0 bridgehead atoms. The average molecular weight is 241 g/mol. The van der Waals surface area contributed by atoms with Gasteiger partial charge < -0.3 is 0 Å². The molecule has 1 aliphatic carbocycles. The summed E-state index contributed by atoms with van der Waals surface area (Å²) in [6.45, 7) is 0. The van der Waals surface area contributed by atoms with Gasteiger partial charge in [0.15, 0.2) is 4.96 Å². The molecule has 5 heteroatoms. The molecule has 0 aromatic carbocycles. The first-order chi connectivity index (χ1) is 7.29. The lowest BCUT2D eigenvalue weighted by Crippen LogP contribution is -2.15. The number of hydrogen-bond acceptors (Lipinski definition) is 3. The van der Waals surface area contributed by atoms with Gasteiger partial charge in [-0.25, -0.2) is 4.98 Å². The fraction of sp³-hybridized carbons (Fsp3) is 0.400. The molecule has 0 aliphatic heterocycles. The molecule has 0 fully saturated rings. The van der Waals surface area contributed by atoms with Gasteiger partial charge >= 0.3 is 0 Å². The number of alkyl halides is 1. The van der Waals surface area contributed by atoms with Crippen molar-refractivity contribution >= 4 is 27.9 Å². The summed E-state index contributed by atoms with van der Waals surface area (Å²) in [5.41, 5.74) is 1.84. The maximum Gasteiger partial charge on any atom is 0.259 e. The Morgan fingerprint density at radius 2 is 2.40 bits per heavy atom. The van der Waals surface area contributed by atoms with E-state index in [0.29, 0.717) is 11.6 Å². The summed E-state index contributed by atoms with van der Waals surface area (Å²) in [7, 11) is 0. The molecule has 0 atom stereocenters. The molecule has 2 aromatic rings. The molecule has 15 heavy (non-hydrogen) atoms. The highest BCUT2D eigenvalue weighted by Gasteiger charge is 2.19. The van der Waals surface area contributed by atoms with Crippen molar-refractivity contribution < 1.29 is 0 Å². The van der Waals surface area contributed by atoms with Gasteiger partial charge in [-0.05, 0) is 19.3 Å². The normalized spacial score (nSPS) is 14.7. The van der Waals surface area contributed by atoms with E-state index in [9.17, 15) is 4.79 Å². The molecular formula is C10H9ClN2OS. The summed E-state index contributed by atoms with van der Waals surface area (Å²) in [6, 6.07) is 1.53. The van der Waals surface area contributed by atoms with E-state index in [1.807, 2.05) is 0 Å². The zero-order chi connectivity index (χ0) is 10.4. The van der Waals surface area contributed by atoms with Crippen molar-refractivity contribution in [3.8, 4) is 0 Å². The second kappa shape index (κ2) is 3.32. The molecule has 3 nitrogen and oxygen atoms in total. The van der Waals surface area contributed by atoms with Gasteiger partial charge in [-0.3, -0.25) is 9.20 Å². The van der Waals surface area contributed by atoms with Crippen LogP contribution in [0, 0.1) is 0 Å². The highest BCUT2D eigenvalue weighted by atomic mass is 35.5. The van der Waals surface area contributed by atoms with E-state index < -0.39 is 0 Å². The van der Waals surface area contributed by atoms with Crippen LogP contribution in [0.1, 0.15) is 22.7 Å². The summed E-state index contributed by atoms with van der Waals surface area (Å²) in [5, 5.41) is 0. The van der Waals surface area contributed by atoms with Gasteiger partial charge in [-0.15, -0.1) is 22.9 Å².